The molecule has 0 N–H and O–H groups in total. The first kappa shape index (κ1) is 16.2. The van der Waals surface area contributed by atoms with Crippen LogP contribution in [0.25, 0.3) is 0 Å². The highest BCUT2D eigenvalue weighted by atomic mass is 32.1. The predicted octanol–water partition coefficient (Wildman–Crippen LogP) is 2.85. The molecule has 0 radical (unpaired) electrons. The van der Waals surface area contributed by atoms with Gasteiger partial charge in [0.05, 0.1) is 7.11 Å². The molecule has 138 valence electrons. The quantitative estimate of drug-likeness (QED) is 0.772. The zero-order chi connectivity index (χ0) is 17.5. The Hall–Kier alpha value is -1.96. The number of hydrogen-bond donors (Lipinski definition) is 0. The first-order valence-corrected chi connectivity index (χ1v) is 10.3. The molecule has 3 heterocycles. The fraction of sp³-hybridized carbons (Fsp3) is 0.667. The van der Waals surface area contributed by atoms with Crippen LogP contribution in [0, 0.1) is 0 Å². The maximum Gasteiger partial charge on any atom is 0.218 e. The van der Waals surface area contributed by atoms with Crippen molar-refractivity contribution in [3.05, 3.63) is 18.2 Å². The number of methoxy groups -OCH3 is 1. The van der Waals surface area contributed by atoms with Gasteiger partial charge in [0, 0.05) is 48.7 Å². The Balaban J connectivity index is 1.28. The van der Waals surface area contributed by atoms with Crippen LogP contribution in [0.5, 0.6) is 5.88 Å². The first-order valence-electron chi connectivity index (χ1n) is 9.55. The molecule has 3 aliphatic rings. The highest BCUT2D eigenvalue weighted by molar-refractivity contribution is 7.09. The number of nitrogens with zero attached hydrogens (tertiary/aromatic N) is 6. The molecule has 0 unspecified atom stereocenters. The summed E-state index contributed by atoms with van der Waals surface area (Å²) in [6.07, 6.45) is 8.90. The van der Waals surface area contributed by atoms with Crippen LogP contribution in [0.3, 0.4) is 0 Å². The van der Waals surface area contributed by atoms with E-state index in [1.165, 1.54) is 25.7 Å². The van der Waals surface area contributed by atoms with E-state index >= 15 is 0 Å². The minimum atomic E-state index is 0.522. The normalized spacial score (nSPS) is 21.0. The minimum absolute atomic E-state index is 0.522. The average molecular weight is 372 g/mol. The second-order valence-corrected chi connectivity index (χ2v) is 8.21. The molecule has 1 saturated heterocycles. The van der Waals surface area contributed by atoms with E-state index in [-0.39, 0.29) is 0 Å². The summed E-state index contributed by atoms with van der Waals surface area (Å²) in [5.41, 5.74) is 0. The lowest BCUT2D eigenvalue weighted by Crippen LogP contribution is -2.46. The Morgan fingerprint density at radius 2 is 1.85 bits per heavy atom. The molecule has 8 heteroatoms. The molecule has 1 aliphatic heterocycles. The molecule has 2 aromatic rings. The van der Waals surface area contributed by atoms with E-state index in [0.717, 1.165) is 42.7 Å². The fourth-order valence-electron chi connectivity index (χ4n) is 3.81. The van der Waals surface area contributed by atoms with E-state index in [4.69, 9.17) is 9.72 Å². The highest BCUT2D eigenvalue weighted by Gasteiger charge is 2.37. The second-order valence-electron chi connectivity index (χ2n) is 7.48. The molecule has 0 spiro atoms. The Morgan fingerprint density at radius 3 is 2.54 bits per heavy atom. The lowest BCUT2D eigenvalue weighted by molar-refractivity contribution is 0.395. The van der Waals surface area contributed by atoms with E-state index < -0.39 is 0 Å². The van der Waals surface area contributed by atoms with Crippen molar-refractivity contribution in [3.8, 4) is 5.88 Å². The zero-order valence-corrected chi connectivity index (χ0v) is 15.9. The van der Waals surface area contributed by atoms with Crippen LogP contribution in [0.15, 0.2) is 12.4 Å². The Kier molecular flexibility index (Phi) is 4.15. The zero-order valence-electron chi connectivity index (χ0n) is 15.0. The van der Waals surface area contributed by atoms with E-state index in [1.807, 2.05) is 6.07 Å². The lowest BCUT2D eigenvalue weighted by atomic mass is 10.0. The predicted molar refractivity (Wildman–Crippen MR) is 101 cm³/mol. The van der Waals surface area contributed by atoms with Gasteiger partial charge in [0.25, 0.3) is 0 Å². The van der Waals surface area contributed by atoms with Crippen molar-refractivity contribution in [2.75, 3.05) is 30.0 Å². The van der Waals surface area contributed by atoms with E-state index in [2.05, 4.69) is 24.1 Å². The van der Waals surface area contributed by atoms with Crippen LogP contribution >= 0.6 is 11.5 Å². The van der Waals surface area contributed by atoms with Gasteiger partial charge in [0.15, 0.2) is 0 Å². The molecule has 0 aromatic carbocycles. The smallest absolute Gasteiger partial charge is 0.218 e. The van der Waals surface area contributed by atoms with Gasteiger partial charge in [-0.3, -0.25) is 0 Å². The topological polar surface area (TPSA) is 67.3 Å². The van der Waals surface area contributed by atoms with E-state index in [9.17, 15) is 0 Å². The van der Waals surface area contributed by atoms with Crippen LogP contribution in [0.4, 0.5) is 10.9 Å². The largest absolute Gasteiger partial charge is 0.481 e. The maximum atomic E-state index is 5.29. The molecule has 7 nitrogen and oxygen atoms in total. The molecule has 0 atom stereocenters. The Labute approximate surface area is 157 Å². The number of anilines is 2. The summed E-state index contributed by atoms with van der Waals surface area (Å²) >= 11 is 1.57. The fourth-order valence-corrected chi connectivity index (χ4v) is 4.60. The molecule has 0 amide bonds. The van der Waals surface area contributed by atoms with Crippen molar-refractivity contribution in [1.82, 2.24) is 19.3 Å². The maximum absolute atomic E-state index is 5.29. The molecule has 2 aliphatic carbocycles. The third kappa shape index (κ3) is 3.22. The number of aromatic nitrogens is 4. The molecule has 5 rings (SSSR count). The van der Waals surface area contributed by atoms with Crippen molar-refractivity contribution in [2.45, 2.75) is 56.5 Å². The molecule has 0 bridgehead atoms. The van der Waals surface area contributed by atoms with Gasteiger partial charge in [0.2, 0.25) is 11.0 Å². The molecule has 2 saturated carbocycles. The number of rotatable bonds is 6. The van der Waals surface area contributed by atoms with Crippen LogP contribution in [-0.2, 0) is 0 Å². The van der Waals surface area contributed by atoms with Gasteiger partial charge in [-0.1, -0.05) is 0 Å². The second kappa shape index (κ2) is 6.64. The van der Waals surface area contributed by atoms with E-state index in [1.54, 1.807) is 25.0 Å². The van der Waals surface area contributed by atoms with Crippen molar-refractivity contribution in [2.24, 2.45) is 0 Å². The number of hydrogen-bond acceptors (Lipinski definition) is 8. The molecular weight excluding hydrogens is 348 g/mol. The van der Waals surface area contributed by atoms with Crippen molar-refractivity contribution >= 4 is 22.5 Å². The standard InChI is InChI=1S/C18H24N6OS/c1-25-16-10-15(19-11-20-16)24(13-4-5-13)14-6-8-23(9-7-14)18-21-17(22-26-18)12-2-3-12/h10-14H,2-9H2,1H3. The van der Waals surface area contributed by atoms with Gasteiger partial charge in [0.1, 0.15) is 18.0 Å². The first-order chi connectivity index (χ1) is 12.8. The van der Waals surface area contributed by atoms with Crippen LogP contribution in [0.2, 0.25) is 0 Å². The van der Waals surface area contributed by atoms with E-state index in [0.29, 0.717) is 23.9 Å². The van der Waals surface area contributed by atoms with Gasteiger partial charge in [-0.15, -0.1) is 0 Å². The third-order valence-corrected chi connectivity index (χ3v) is 6.33. The molecule has 26 heavy (non-hydrogen) atoms. The van der Waals surface area contributed by atoms with Gasteiger partial charge < -0.3 is 14.5 Å². The SMILES string of the molecule is COc1cc(N(C2CC2)C2CCN(c3nc(C4CC4)ns3)CC2)ncn1. The van der Waals surface area contributed by atoms with Gasteiger partial charge in [-0.05, 0) is 38.5 Å². The Morgan fingerprint density at radius 1 is 1.08 bits per heavy atom. The summed E-state index contributed by atoms with van der Waals surface area (Å²) in [4.78, 5) is 18.4. The summed E-state index contributed by atoms with van der Waals surface area (Å²) in [6.45, 7) is 2.07. The molecular formula is C18H24N6OS. The summed E-state index contributed by atoms with van der Waals surface area (Å²) in [5, 5.41) is 1.10. The summed E-state index contributed by atoms with van der Waals surface area (Å²) in [7, 11) is 1.66. The molecule has 3 fully saturated rings. The van der Waals surface area contributed by atoms with Crippen molar-refractivity contribution in [1.29, 1.82) is 0 Å². The monoisotopic (exact) mass is 372 g/mol. The summed E-state index contributed by atoms with van der Waals surface area (Å²) in [6, 6.07) is 3.11. The average Bonchev–Trinajstić information content (AvgIpc) is 3.63. The Bertz CT molecular complexity index is 767. The third-order valence-electron chi connectivity index (χ3n) is 5.54. The lowest BCUT2D eigenvalue weighted by Gasteiger charge is -2.39. The van der Waals surface area contributed by atoms with Gasteiger partial charge in [-0.25, -0.2) is 15.0 Å². The number of ether oxygens (including phenoxy) is 1. The van der Waals surface area contributed by atoms with Crippen molar-refractivity contribution in [3.63, 3.8) is 0 Å². The summed E-state index contributed by atoms with van der Waals surface area (Å²) in [5.74, 6) is 3.35. The minimum Gasteiger partial charge on any atom is -0.481 e. The number of piperidine rings is 1. The van der Waals surface area contributed by atoms with Gasteiger partial charge >= 0.3 is 0 Å². The van der Waals surface area contributed by atoms with Crippen LogP contribution in [-0.4, -0.2) is 51.6 Å². The van der Waals surface area contributed by atoms with Crippen molar-refractivity contribution < 1.29 is 4.74 Å². The molecule has 2 aromatic heterocycles. The van der Waals surface area contributed by atoms with Gasteiger partial charge in [-0.2, -0.15) is 4.37 Å². The highest BCUT2D eigenvalue weighted by Crippen LogP contribution is 2.40. The summed E-state index contributed by atoms with van der Waals surface area (Å²) < 4.78 is 9.85. The van der Waals surface area contributed by atoms with Crippen LogP contribution < -0.4 is 14.5 Å². The van der Waals surface area contributed by atoms with Crippen LogP contribution in [0.1, 0.15) is 50.3 Å².